The van der Waals surface area contributed by atoms with E-state index >= 15 is 0 Å². The molecule has 1 amide bonds. The van der Waals surface area contributed by atoms with Crippen molar-refractivity contribution in [3.8, 4) is 0 Å². The van der Waals surface area contributed by atoms with E-state index < -0.39 is 0 Å². The molecule has 0 radical (unpaired) electrons. The number of carbonyl (C=O) groups excluding carboxylic acids is 1. The molecule has 20 heavy (non-hydrogen) atoms. The minimum absolute atomic E-state index is 0.0386. The highest BCUT2D eigenvalue weighted by atomic mass is 32.1. The number of nitrogens with one attached hydrogen (secondary N) is 1. The summed E-state index contributed by atoms with van der Waals surface area (Å²) in [5.74, 6) is -0.567. The van der Waals surface area contributed by atoms with Crippen LogP contribution in [0.2, 0.25) is 0 Å². The van der Waals surface area contributed by atoms with Gasteiger partial charge in [-0.1, -0.05) is 18.2 Å². The lowest BCUT2D eigenvalue weighted by Crippen LogP contribution is -2.15. The van der Waals surface area contributed by atoms with Crippen molar-refractivity contribution in [3.63, 3.8) is 0 Å². The first kappa shape index (κ1) is 13.2. The summed E-state index contributed by atoms with van der Waals surface area (Å²) < 4.78 is 13.5. The Labute approximate surface area is 120 Å². The number of hydrogen-bond acceptors (Lipinski definition) is 3. The molecule has 104 valence electrons. The minimum Gasteiger partial charge on any atom is -0.302 e. The Morgan fingerprint density at radius 3 is 2.90 bits per heavy atom. The van der Waals surface area contributed by atoms with Gasteiger partial charge < -0.3 is 5.32 Å². The molecule has 1 aliphatic carbocycles. The van der Waals surface area contributed by atoms with Gasteiger partial charge in [0.05, 0.1) is 12.1 Å². The topological polar surface area (TPSA) is 42.0 Å². The maximum Gasteiger partial charge on any atom is 0.230 e. The second-order valence-corrected chi connectivity index (χ2v) is 6.00. The van der Waals surface area contributed by atoms with Gasteiger partial charge in [0.25, 0.3) is 0 Å². The number of nitrogens with zero attached hydrogens (tertiary/aromatic N) is 1. The van der Waals surface area contributed by atoms with Crippen molar-refractivity contribution in [3.05, 3.63) is 46.2 Å². The van der Waals surface area contributed by atoms with Crippen molar-refractivity contribution < 1.29 is 9.18 Å². The van der Waals surface area contributed by atoms with Gasteiger partial charge >= 0.3 is 0 Å². The highest BCUT2D eigenvalue weighted by Crippen LogP contribution is 2.29. The van der Waals surface area contributed by atoms with Crippen LogP contribution in [0, 0.1) is 5.82 Å². The number of thiazole rings is 1. The number of amides is 1. The SMILES string of the molecule is O=C(Cc1ccccc1F)Nc1nc2c(s1)CCCC2. The molecular formula is C15H15FN2OS. The van der Waals surface area contributed by atoms with Crippen molar-refractivity contribution in [2.75, 3.05) is 5.32 Å². The fourth-order valence-corrected chi connectivity index (χ4v) is 3.45. The van der Waals surface area contributed by atoms with Crippen LogP contribution in [0.3, 0.4) is 0 Å². The third kappa shape index (κ3) is 2.88. The fourth-order valence-electron chi connectivity index (χ4n) is 2.38. The molecule has 1 N–H and O–H groups in total. The molecule has 1 aromatic heterocycles. The minimum atomic E-state index is -0.346. The summed E-state index contributed by atoms with van der Waals surface area (Å²) in [6.07, 6.45) is 4.44. The number of halogens is 1. The standard InChI is InChI=1S/C15H15FN2OS/c16-11-6-2-1-5-10(11)9-14(19)18-15-17-12-7-3-4-8-13(12)20-15/h1-2,5-6H,3-4,7-9H2,(H,17,18,19). The fraction of sp³-hybridized carbons (Fsp3) is 0.333. The molecule has 0 aliphatic heterocycles. The number of carbonyl (C=O) groups is 1. The molecule has 0 unspecified atom stereocenters. The van der Waals surface area contributed by atoms with E-state index in [9.17, 15) is 9.18 Å². The van der Waals surface area contributed by atoms with E-state index in [1.165, 1.54) is 23.8 Å². The number of anilines is 1. The van der Waals surface area contributed by atoms with E-state index in [-0.39, 0.29) is 18.1 Å². The van der Waals surface area contributed by atoms with E-state index in [0.717, 1.165) is 18.5 Å². The highest BCUT2D eigenvalue weighted by Gasteiger charge is 2.16. The lowest BCUT2D eigenvalue weighted by molar-refractivity contribution is -0.115. The number of rotatable bonds is 3. The molecule has 0 atom stereocenters. The van der Waals surface area contributed by atoms with Crippen LogP contribution in [0.15, 0.2) is 24.3 Å². The third-order valence-corrected chi connectivity index (χ3v) is 4.47. The van der Waals surface area contributed by atoms with Crippen molar-refractivity contribution in [1.82, 2.24) is 4.98 Å². The van der Waals surface area contributed by atoms with Gasteiger partial charge in [0.15, 0.2) is 5.13 Å². The van der Waals surface area contributed by atoms with E-state index in [1.807, 2.05) is 0 Å². The molecule has 0 spiro atoms. The Kier molecular flexibility index (Phi) is 3.78. The Hall–Kier alpha value is -1.75. The quantitative estimate of drug-likeness (QED) is 0.942. The van der Waals surface area contributed by atoms with Crippen LogP contribution in [0.4, 0.5) is 9.52 Å². The van der Waals surface area contributed by atoms with Gasteiger partial charge in [-0.15, -0.1) is 11.3 Å². The molecule has 3 nitrogen and oxygen atoms in total. The van der Waals surface area contributed by atoms with E-state index in [2.05, 4.69) is 10.3 Å². The largest absolute Gasteiger partial charge is 0.302 e. The Bertz CT molecular complexity index is 615. The van der Waals surface area contributed by atoms with Gasteiger partial charge in [-0.3, -0.25) is 4.79 Å². The first-order valence-corrected chi connectivity index (χ1v) is 7.56. The molecule has 1 aromatic carbocycles. The van der Waals surface area contributed by atoms with Crippen LogP contribution < -0.4 is 5.32 Å². The molecule has 1 aliphatic rings. The van der Waals surface area contributed by atoms with Crippen LogP contribution in [-0.2, 0) is 24.1 Å². The maximum atomic E-state index is 13.5. The van der Waals surface area contributed by atoms with Gasteiger partial charge in [0.2, 0.25) is 5.91 Å². The summed E-state index contributed by atoms with van der Waals surface area (Å²) in [5.41, 5.74) is 1.52. The zero-order chi connectivity index (χ0) is 13.9. The average molecular weight is 290 g/mol. The molecule has 1 heterocycles. The first-order valence-electron chi connectivity index (χ1n) is 6.74. The molecule has 5 heteroatoms. The monoisotopic (exact) mass is 290 g/mol. The molecular weight excluding hydrogens is 275 g/mol. The van der Waals surface area contributed by atoms with E-state index in [0.29, 0.717) is 10.7 Å². The van der Waals surface area contributed by atoms with Crippen LogP contribution in [0.1, 0.15) is 29.0 Å². The third-order valence-electron chi connectivity index (χ3n) is 3.40. The number of benzene rings is 1. The zero-order valence-corrected chi connectivity index (χ0v) is 11.8. The van der Waals surface area contributed by atoms with Gasteiger partial charge in [-0.25, -0.2) is 9.37 Å². The summed E-state index contributed by atoms with van der Waals surface area (Å²) in [6, 6.07) is 6.34. The van der Waals surface area contributed by atoms with Crippen molar-refractivity contribution in [1.29, 1.82) is 0 Å². The van der Waals surface area contributed by atoms with Crippen LogP contribution >= 0.6 is 11.3 Å². The maximum absolute atomic E-state index is 13.5. The van der Waals surface area contributed by atoms with Gasteiger partial charge in [-0.05, 0) is 37.3 Å². The Balaban J connectivity index is 1.67. The summed E-state index contributed by atoms with van der Waals surface area (Å²) in [4.78, 5) is 17.7. The van der Waals surface area contributed by atoms with E-state index in [4.69, 9.17) is 0 Å². The molecule has 0 saturated heterocycles. The first-order chi connectivity index (χ1) is 9.72. The lowest BCUT2D eigenvalue weighted by atomic mass is 10.0. The molecule has 0 fully saturated rings. The smallest absolute Gasteiger partial charge is 0.230 e. The summed E-state index contributed by atoms with van der Waals surface area (Å²) >= 11 is 1.54. The van der Waals surface area contributed by atoms with Crippen molar-refractivity contribution in [2.45, 2.75) is 32.1 Å². The normalized spacial score (nSPS) is 13.8. The van der Waals surface area contributed by atoms with Gasteiger partial charge in [0, 0.05) is 4.88 Å². The zero-order valence-electron chi connectivity index (χ0n) is 11.0. The number of hydrogen-bond donors (Lipinski definition) is 1. The average Bonchev–Trinajstić information content (AvgIpc) is 2.83. The highest BCUT2D eigenvalue weighted by molar-refractivity contribution is 7.15. The molecule has 3 rings (SSSR count). The van der Waals surface area contributed by atoms with Crippen molar-refractivity contribution in [2.24, 2.45) is 0 Å². The van der Waals surface area contributed by atoms with E-state index in [1.54, 1.807) is 29.5 Å². The summed E-state index contributed by atoms with van der Waals surface area (Å²) in [7, 11) is 0. The summed E-state index contributed by atoms with van der Waals surface area (Å²) in [5, 5.41) is 3.41. The number of fused-ring (bicyclic) bond motifs is 1. The predicted octanol–water partition coefficient (Wildman–Crippen LogP) is 3.34. The number of aryl methyl sites for hydroxylation is 2. The van der Waals surface area contributed by atoms with Gasteiger partial charge in [0.1, 0.15) is 5.82 Å². The molecule has 0 bridgehead atoms. The van der Waals surface area contributed by atoms with Crippen LogP contribution in [-0.4, -0.2) is 10.9 Å². The van der Waals surface area contributed by atoms with Gasteiger partial charge in [-0.2, -0.15) is 0 Å². The second kappa shape index (κ2) is 5.71. The Morgan fingerprint density at radius 2 is 2.10 bits per heavy atom. The molecule has 0 saturated carbocycles. The Morgan fingerprint density at radius 1 is 1.30 bits per heavy atom. The predicted molar refractivity (Wildman–Crippen MR) is 77.5 cm³/mol. The van der Waals surface area contributed by atoms with Crippen LogP contribution in [0.25, 0.3) is 0 Å². The van der Waals surface area contributed by atoms with Crippen LogP contribution in [0.5, 0.6) is 0 Å². The lowest BCUT2D eigenvalue weighted by Gasteiger charge is -2.06. The van der Waals surface area contributed by atoms with Crippen molar-refractivity contribution >= 4 is 22.4 Å². The molecule has 2 aromatic rings. The number of aromatic nitrogens is 1. The summed E-state index contributed by atoms with van der Waals surface area (Å²) in [6.45, 7) is 0. The second-order valence-electron chi connectivity index (χ2n) is 4.91.